The highest BCUT2D eigenvalue weighted by Crippen LogP contribution is 2.38. The fourth-order valence-electron chi connectivity index (χ4n) is 3.68. The smallest absolute Gasteiger partial charge is 0.217 e. The lowest BCUT2D eigenvalue weighted by atomic mass is 9.88. The topological polar surface area (TPSA) is 62.7 Å². The van der Waals surface area contributed by atoms with Crippen molar-refractivity contribution in [2.24, 2.45) is 5.41 Å². The van der Waals surface area contributed by atoms with E-state index in [2.05, 4.69) is 9.88 Å². The van der Waals surface area contributed by atoms with Crippen LogP contribution in [0.2, 0.25) is 0 Å². The number of ether oxygens (including phenoxy) is 1. The average Bonchev–Trinajstić information content (AvgIpc) is 3.20. The van der Waals surface area contributed by atoms with Crippen molar-refractivity contribution < 1.29 is 13.2 Å². The summed E-state index contributed by atoms with van der Waals surface area (Å²) in [6, 6.07) is 0. The maximum Gasteiger partial charge on any atom is 0.217 e. The first-order valence-electron chi connectivity index (χ1n) is 8.25. The van der Waals surface area contributed by atoms with Crippen LogP contribution < -0.4 is 0 Å². The monoisotopic (exact) mass is 357 g/mol. The molecule has 8 heteroatoms. The Bertz CT molecular complexity index is 645. The lowest BCUT2D eigenvalue weighted by molar-refractivity contribution is 0.0721. The Morgan fingerprint density at radius 2 is 2.22 bits per heavy atom. The molecule has 1 aromatic heterocycles. The van der Waals surface area contributed by atoms with Gasteiger partial charge in [-0.15, -0.1) is 11.3 Å². The summed E-state index contributed by atoms with van der Waals surface area (Å²) in [6.07, 6.45) is 4.48. The molecule has 2 saturated heterocycles. The number of rotatable bonds is 4. The van der Waals surface area contributed by atoms with E-state index < -0.39 is 10.0 Å². The summed E-state index contributed by atoms with van der Waals surface area (Å²) in [5.41, 5.74) is -0.0598. The Balaban J connectivity index is 1.46. The Morgan fingerprint density at radius 3 is 2.96 bits per heavy atom. The second-order valence-electron chi connectivity index (χ2n) is 7.02. The van der Waals surface area contributed by atoms with Crippen LogP contribution in [-0.4, -0.2) is 67.2 Å². The lowest BCUT2D eigenvalue weighted by Gasteiger charge is -2.31. The maximum absolute atomic E-state index is 12.6. The normalized spacial score (nSPS) is 30.8. The lowest BCUT2D eigenvalue weighted by Crippen LogP contribution is -2.44. The summed E-state index contributed by atoms with van der Waals surface area (Å²) >= 11 is 1.68. The van der Waals surface area contributed by atoms with Crippen LogP contribution in [-0.2, 0) is 21.3 Å². The van der Waals surface area contributed by atoms with Crippen molar-refractivity contribution >= 4 is 21.4 Å². The van der Waals surface area contributed by atoms with Gasteiger partial charge in [0.05, 0.1) is 25.0 Å². The minimum atomic E-state index is -3.12. The number of sulfonamides is 1. The molecule has 0 bridgehead atoms. The third kappa shape index (κ3) is 3.32. The zero-order valence-corrected chi connectivity index (χ0v) is 14.8. The quantitative estimate of drug-likeness (QED) is 0.809. The minimum absolute atomic E-state index is 0.0598. The first-order valence-corrected chi connectivity index (χ1v) is 10.6. The minimum Gasteiger partial charge on any atom is -0.379 e. The molecule has 128 valence electrons. The predicted octanol–water partition coefficient (Wildman–Crippen LogP) is 1.16. The van der Waals surface area contributed by atoms with E-state index >= 15 is 0 Å². The summed E-state index contributed by atoms with van der Waals surface area (Å²) in [6.45, 7) is 5.03. The summed E-state index contributed by atoms with van der Waals surface area (Å²) in [5.74, 6) is 0. The van der Waals surface area contributed by atoms with E-state index in [1.165, 1.54) is 0 Å². The highest BCUT2D eigenvalue weighted by Gasteiger charge is 2.47. The molecule has 6 nitrogen and oxygen atoms in total. The van der Waals surface area contributed by atoms with Crippen LogP contribution in [0.4, 0.5) is 0 Å². The van der Waals surface area contributed by atoms with Gasteiger partial charge in [0, 0.05) is 36.6 Å². The molecule has 23 heavy (non-hydrogen) atoms. The van der Waals surface area contributed by atoms with Crippen LogP contribution in [0, 0.1) is 5.41 Å². The number of nitrogens with zero attached hydrogens (tertiary/aromatic N) is 3. The number of thiazole rings is 1. The summed E-state index contributed by atoms with van der Waals surface area (Å²) in [4.78, 5) is 6.74. The van der Waals surface area contributed by atoms with Crippen molar-refractivity contribution in [3.63, 3.8) is 0 Å². The van der Waals surface area contributed by atoms with Crippen molar-refractivity contribution in [1.29, 1.82) is 0 Å². The zero-order chi connectivity index (χ0) is 15.9. The Hall–Kier alpha value is -0.540. The highest BCUT2D eigenvalue weighted by molar-refractivity contribution is 7.90. The third-order valence-corrected chi connectivity index (χ3v) is 8.18. The molecule has 3 fully saturated rings. The first kappa shape index (κ1) is 16.0. The molecule has 4 rings (SSSR count). The van der Waals surface area contributed by atoms with E-state index in [4.69, 9.17) is 4.74 Å². The SMILES string of the molecule is O=S(=O)(C1CC1)N1CCOCC2(CCN(Cc3nccs3)C2)C1. The molecular formula is C15H23N3O3S2. The molecule has 1 saturated carbocycles. The number of aromatic nitrogens is 1. The molecule has 1 spiro atoms. The summed E-state index contributed by atoms with van der Waals surface area (Å²) in [7, 11) is -3.12. The Labute approximate surface area is 141 Å². The Kier molecular flexibility index (Phi) is 4.21. The van der Waals surface area contributed by atoms with Crippen LogP contribution in [0.25, 0.3) is 0 Å². The van der Waals surface area contributed by atoms with Crippen molar-refractivity contribution in [2.45, 2.75) is 31.1 Å². The van der Waals surface area contributed by atoms with Gasteiger partial charge in [0.2, 0.25) is 10.0 Å². The predicted molar refractivity (Wildman–Crippen MR) is 88.8 cm³/mol. The third-order valence-electron chi connectivity index (χ3n) is 5.07. The average molecular weight is 358 g/mol. The molecule has 1 unspecified atom stereocenters. The van der Waals surface area contributed by atoms with Gasteiger partial charge in [-0.3, -0.25) is 4.90 Å². The number of hydrogen-bond donors (Lipinski definition) is 0. The van der Waals surface area contributed by atoms with Crippen LogP contribution in [0.15, 0.2) is 11.6 Å². The molecule has 0 aromatic carbocycles. The standard InChI is InChI=1S/C15H23N3O3S2/c19-23(20,13-1-2-13)18-6-7-21-12-15(11-18)3-5-17(10-15)9-14-16-4-8-22-14/h4,8,13H,1-3,5-7,9-12H2. The van der Waals surface area contributed by atoms with Crippen molar-refractivity contribution in [3.8, 4) is 0 Å². The van der Waals surface area contributed by atoms with Crippen molar-refractivity contribution in [3.05, 3.63) is 16.6 Å². The van der Waals surface area contributed by atoms with Gasteiger partial charge in [-0.1, -0.05) is 0 Å². The van der Waals surface area contributed by atoms with Gasteiger partial charge in [-0.25, -0.2) is 13.4 Å². The van der Waals surface area contributed by atoms with Gasteiger partial charge in [0.1, 0.15) is 5.01 Å². The van der Waals surface area contributed by atoms with Gasteiger partial charge in [-0.05, 0) is 25.8 Å². The molecule has 0 N–H and O–H groups in total. The van der Waals surface area contributed by atoms with Gasteiger partial charge < -0.3 is 4.74 Å². The fraction of sp³-hybridized carbons (Fsp3) is 0.800. The van der Waals surface area contributed by atoms with E-state index in [0.717, 1.165) is 43.9 Å². The zero-order valence-electron chi connectivity index (χ0n) is 13.2. The second kappa shape index (κ2) is 6.07. The van der Waals surface area contributed by atoms with E-state index in [-0.39, 0.29) is 10.7 Å². The molecule has 2 aliphatic heterocycles. The molecule has 1 atom stereocenters. The van der Waals surface area contributed by atoms with Crippen molar-refractivity contribution in [1.82, 2.24) is 14.2 Å². The molecule has 1 aliphatic carbocycles. The number of likely N-dealkylation sites (tertiary alicyclic amines) is 1. The largest absolute Gasteiger partial charge is 0.379 e. The van der Waals surface area contributed by atoms with Crippen LogP contribution >= 0.6 is 11.3 Å². The van der Waals surface area contributed by atoms with Gasteiger partial charge in [-0.2, -0.15) is 4.31 Å². The van der Waals surface area contributed by atoms with Crippen LogP contribution in [0.5, 0.6) is 0 Å². The molecule has 0 radical (unpaired) electrons. The molecule has 1 aromatic rings. The van der Waals surface area contributed by atoms with Gasteiger partial charge in [0.15, 0.2) is 0 Å². The van der Waals surface area contributed by atoms with E-state index in [9.17, 15) is 8.42 Å². The van der Waals surface area contributed by atoms with Gasteiger partial charge >= 0.3 is 0 Å². The van der Waals surface area contributed by atoms with E-state index in [1.807, 2.05) is 11.6 Å². The van der Waals surface area contributed by atoms with Crippen LogP contribution in [0.3, 0.4) is 0 Å². The second-order valence-corrected chi connectivity index (χ2v) is 10.2. The summed E-state index contributed by atoms with van der Waals surface area (Å²) < 4.78 is 32.8. The number of hydrogen-bond acceptors (Lipinski definition) is 6. The molecule has 3 heterocycles. The molecule has 0 amide bonds. The van der Waals surface area contributed by atoms with Gasteiger partial charge in [0.25, 0.3) is 0 Å². The maximum atomic E-state index is 12.6. The van der Waals surface area contributed by atoms with E-state index in [0.29, 0.717) is 26.3 Å². The van der Waals surface area contributed by atoms with Crippen LogP contribution in [0.1, 0.15) is 24.3 Å². The summed E-state index contributed by atoms with van der Waals surface area (Å²) in [5, 5.41) is 2.99. The van der Waals surface area contributed by atoms with Crippen molar-refractivity contribution in [2.75, 3.05) is 39.4 Å². The fourth-order valence-corrected chi connectivity index (χ4v) is 6.27. The molecular weight excluding hydrogens is 334 g/mol. The highest BCUT2D eigenvalue weighted by atomic mass is 32.2. The Morgan fingerprint density at radius 1 is 1.35 bits per heavy atom. The van der Waals surface area contributed by atoms with E-state index in [1.54, 1.807) is 15.6 Å². The molecule has 3 aliphatic rings. The first-order chi connectivity index (χ1) is 11.1.